The number of carbonyl (C=O) groups excluding carboxylic acids is 1. The zero-order valence-electron chi connectivity index (χ0n) is 21.4. The van der Waals surface area contributed by atoms with E-state index in [-0.39, 0.29) is 24.2 Å². The van der Waals surface area contributed by atoms with E-state index in [1.807, 2.05) is 65.8 Å². The van der Waals surface area contributed by atoms with Crippen molar-refractivity contribution in [3.8, 4) is 16.9 Å². The lowest BCUT2D eigenvalue weighted by molar-refractivity contribution is -0.142. The van der Waals surface area contributed by atoms with Gasteiger partial charge in [0.25, 0.3) is 0 Å². The molecule has 0 bridgehead atoms. The zero-order chi connectivity index (χ0) is 27.1. The number of thioether (sulfide) groups is 1. The highest BCUT2D eigenvalue weighted by molar-refractivity contribution is 7.98. The summed E-state index contributed by atoms with van der Waals surface area (Å²) in [6, 6.07) is 23.5. The van der Waals surface area contributed by atoms with Crippen molar-refractivity contribution in [1.82, 2.24) is 4.90 Å². The second kappa shape index (κ2) is 12.6. The number of nitrogens with one attached hydrogen (secondary N) is 1. The number of ether oxygens (including phenoxy) is 1. The van der Waals surface area contributed by atoms with Gasteiger partial charge in [-0.2, -0.15) is 0 Å². The molecule has 4 N–H and O–H groups in total. The Kier molecular flexibility index (Phi) is 9.07. The van der Waals surface area contributed by atoms with Gasteiger partial charge in [0, 0.05) is 17.0 Å². The molecule has 1 aliphatic heterocycles. The number of aliphatic carboxylic acids is 1. The van der Waals surface area contributed by atoms with Crippen LogP contribution in [0.2, 0.25) is 0 Å². The van der Waals surface area contributed by atoms with Gasteiger partial charge in [0.05, 0.1) is 18.4 Å². The Morgan fingerprint density at radius 3 is 2.47 bits per heavy atom. The van der Waals surface area contributed by atoms with E-state index >= 15 is 0 Å². The maximum Gasteiger partial charge on any atom is 0.304 e. The van der Waals surface area contributed by atoms with Gasteiger partial charge in [-0.15, -0.1) is 11.8 Å². The van der Waals surface area contributed by atoms with E-state index in [9.17, 15) is 14.7 Å². The molecule has 38 heavy (non-hydrogen) atoms. The van der Waals surface area contributed by atoms with Crippen molar-refractivity contribution in [2.75, 3.05) is 19.4 Å². The SMILES string of the molecule is CSc1cc(-c2ccc(C(=N)N)cc2)ccc1OC[C@@H]1C[C@@H](CC(=O)O)C(=O)N1CCCc1ccccc1. The lowest BCUT2D eigenvalue weighted by atomic mass is 10.0. The minimum Gasteiger partial charge on any atom is -0.490 e. The summed E-state index contributed by atoms with van der Waals surface area (Å²) in [7, 11) is 0. The van der Waals surface area contributed by atoms with Crippen molar-refractivity contribution < 1.29 is 19.4 Å². The first-order valence-electron chi connectivity index (χ1n) is 12.7. The quantitative estimate of drug-likeness (QED) is 0.171. The highest BCUT2D eigenvalue weighted by Gasteiger charge is 2.40. The average molecular weight is 532 g/mol. The Hall–Kier alpha value is -3.78. The Bertz CT molecular complexity index is 1280. The lowest BCUT2D eigenvalue weighted by Crippen LogP contribution is -2.38. The van der Waals surface area contributed by atoms with Crippen LogP contribution in [-0.2, 0) is 16.0 Å². The molecule has 1 fully saturated rings. The minimum atomic E-state index is -0.953. The highest BCUT2D eigenvalue weighted by atomic mass is 32.2. The van der Waals surface area contributed by atoms with Crippen LogP contribution in [-0.4, -0.2) is 53.2 Å². The van der Waals surface area contributed by atoms with Crippen LogP contribution in [0.15, 0.2) is 77.7 Å². The fourth-order valence-corrected chi connectivity index (χ4v) is 5.47. The summed E-state index contributed by atoms with van der Waals surface area (Å²) in [5, 5.41) is 16.9. The van der Waals surface area contributed by atoms with Crippen LogP contribution in [0, 0.1) is 11.3 Å². The van der Waals surface area contributed by atoms with E-state index in [0.717, 1.165) is 34.6 Å². The van der Waals surface area contributed by atoms with Crippen molar-refractivity contribution >= 4 is 29.5 Å². The predicted octanol–water partition coefficient (Wildman–Crippen LogP) is 5.06. The van der Waals surface area contributed by atoms with Gasteiger partial charge in [-0.1, -0.05) is 60.7 Å². The van der Waals surface area contributed by atoms with Gasteiger partial charge in [0.2, 0.25) is 5.91 Å². The first-order valence-corrected chi connectivity index (χ1v) is 13.9. The fraction of sp³-hybridized carbons (Fsp3) is 0.300. The van der Waals surface area contributed by atoms with Crippen molar-refractivity contribution in [3.63, 3.8) is 0 Å². The predicted molar refractivity (Wildman–Crippen MR) is 151 cm³/mol. The number of nitrogens with two attached hydrogens (primary N) is 1. The normalized spacial score (nSPS) is 17.0. The molecule has 1 aliphatic rings. The number of hydrogen-bond donors (Lipinski definition) is 3. The van der Waals surface area contributed by atoms with Gasteiger partial charge in [0.1, 0.15) is 18.2 Å². The lowest BCUT2D eigenvalue weighted by Gasteiger charge is -2.25. The highest BCUT2D eigenvalue weighted by Crippen LogP contribution is 2.34. The van der Waals surface area contributed by atoms with Crippen molar-refractivity contribution in [3.05, 3.63) is 83.9 Å². The standard InChI is InChI=1S/C30H33N3O4S/c1-38-27-17-23(21-9-11-22(12-10-21)29(31)32)13-14-26(27)37-19-25-16-24(18-28(34)35)30(36)33(25)15-5-8-20-6-3-2-4-7-20/h2-4,6-7,9-14,17,24-25H,5,8,15-16,18-19H2,1H3,(H3,31,32)(H,34,35)/t24-,25-/m0/s1. The maximum absolute atomic E-state index is 13.1. The molecule has 1 heterocycles. The molecule has 1 saturated heterocycles. The van der Waals surface area contributed by atoms with Crippen LogP contribution < -0.4 is 10.5 Å². The Morgan fingerprint density at radius 2 is 1.82 bits per heavy atom. The molecular weight excluding hydrogens is 498 g/mol. The first kappa shape index (κ1) is 27.3. The van der Waals surface area contributed by atoms with Crippen LogP contribution in [0.3, 0.4) is 0 Å². The van der Waals surface area contributed by atoms with Crippen LogP contribution in [0.4, 0.5) is 0 Å². The number of aryl methyl sites for hydroxylation is 1. The molecule has 0 unspecified atom stereocenters. The van der Waals surface area contributed by atoms with Gasteiger partial charge in [0.15, 0.2) is 0 Å². The van der Waals surface area contributed by atoms with Crippen LogP contribution >= 0.6 is 11.8 Å². The molecule has 198 valence electrons. The van der Waals surface area contributed by atoms with Gasteiger partial charge < -0.3 is 20.5 Å². The summed E-state index contributed by atoms with van der Waals surface area (Å²) >= 11 is 1.58. The summed E-state index contributed by atoms with van der Waals surface area (Å²) < 4.78 is 6.24. The molecule has 0 spiro atoms. The zero-order valence-corrected chi connectivity index (χ0v) is 22.2. The molecule has 4 rings (SSSR count). The number of nitrogens with zero attached hydrogens (tertiary/aromatic N) is 1. The van der Waals surface area contributed by atoms with Gasteiger partial charge in [-0.3, -0.25) is 15.0 Å². The smallest absolute Gasteiger partial charge is 0.304 e. The number of likely N-dealkylation sites (tertiary alicyclic amines) is 1. The van der Waals surface area contributed by atoms with Crippen molar-refractivity contribution in [2.24, 2.45) is 11.7 Å². The van der Waals surface area contributed by atoms with Crippen LogP contribution in [0.25, 0.3) is 11.1 Å². The number of carbonyl (C=O) groups is 2. The average Bonchev–Trinajstić information content (AvgIpc) is 3.21. The van der Waals surface area contributed by atoms with Crippen LogP contribution in [0.5, 0.6) is 5.75 Å². The molecule has 0 radical (unpaired) electrons. The summed E-state index contributed by atoms with van der Waals surface area (Å²) in [5.74, 6) is -0.789. The van der Waals surface area contributed by atoms with E-state index in [1.165, 1.54) is 5.56 Å². The van der Waals surface area contributed by atoms with E-state index in [2.05, 4.69) is 18.2 Å². The van der Waals surface area contributed by atoms with E-state index in [1.54, 1.807) is 11.8 Å². The molecule has 3 aromatic carbocycles. The third-order valence-electron chi connectivity index (χ3n) is 6.88. The fourth-order valence-electron chi connectivity index (χ4n) is 4.90. The van der Waals surface area contributed by atoms with E-state index < -0.39 is 11.9 Å². The number of benzene rings is 3. The van der Waals surface area contributed by atoms with Gasteiger partial charge in [-0.05, 0) is 54.3 Å². The molecular formula is C30H33N3O4S. The summed E-state index contributed by atoms with van der Waals surface area (Å²) in [4.78, 5) is 27.2. The number of hydrogen-bond acceptors (Lipinski definition) is 5. The Morgan fingerprint density at radius 1 is 1.11 bits per heavy atom. The molecule has 1 amide bonds. The van der Waals surface area contributed by atoms with E-state index in [0.29, 0.717) is 25.1 Å². The molecule has 8 heteroatoms. The monoisotopic (exact) mass is 531 g/mol. The maximum atomic E-state index is 13.1. The number of amidine groups is 1. The molecule has 3 aromatic rings. The minimum absolute atomic E-state index is 0.0372. The van der Waals surface area contributed by atoms with Crippen molar-refractivity contribution in [1.29, 1.82) is 5.41 Å². The number of nitrogen functional groups attached to an aromatic ring is 1. The van der Waals surface area contributed by atoms with Crippen molar-refractivity contribution in [2.45, 2.75) is 36.6 Å². The Balaban J connectivity index is 1.44. The topological polar surface area (TPSA) is 117 Å². The molecule has 0 aromatic heterocycles. The number of amides is 1. The molecule has 0 saturated carbocycles. The molecule has 2 atom stereocenters. The largest absolute Gasteiger partial charge is 0.490 e. The van der Waals surface area contributed by atoms with E-state index in [4.69, 9.17) is 15.9 Å². The van der Waals surface area contributed by atoms with Gasteiger partial charge >= 0.3 is 5.97 Å². The summed E-state index contributed by atoms with van der Waals surface area (Å²) in [6.45, 7) is 0.885. The van der Waals surface area contributed by atoms with Crippen LogP contribution in [0.1, 0.15) is 30.4 Å². The summed E-state index contributed by atoms with van der Waals surface area (Å²) in [6.07, 6.45) is 3.97. The number of carboxylic acids is 1. The summed E-state index contributed by atoms with van der Waals surface area (Å²) in [5.41, 5.74) is 9.50. The van der Waals surface area contributed by atoms with Gasteiger partial charge in [-0.25, -0.2) is 0 Å². The third kappa shape index (κ3) is 6.75. The Labute approximate surface area is 227 Å². The third-order valence-corrected chi connectivity index (χ3v) is 7.64. The number of rotatable bonds is 12. The molecule has 7 nitrogen and oxygen atoms in total. The second-order valence-corrected chi connectivity index (χ2v) is 10.3. The molecule has 0 aliphatic carbocycles. The number of carboxylic acid groups (broad SMARTS) is 1. The second-order valence-electron chi connectivity index (χ2n) is 9.47. The first-order chi connectivity index (χ1) is 18.4.